The van der Waals surface area contributed by atoms with Crippen LogP contribution in [0.4, 0.5) is 11.6 Å². The van der Waals surface area contributed by atoms with Crippen LogP contribution in [0.5, 0.6) is 0 Å². The van der Waals surface area contributed by atoms with Crippen molar-refractivity contribution in [3.05, 3.63) is 35.3 Å². The Bertz CT molecular complexity index is 1070. The van der Waals surface area contributed by atoms with E-state index in [0.29, 0.717) is 34.9 Å². The summed E-state index contributed by atoms with van der Waals surface area (Å²) in [6, 6.07) is 4.73. The van der Waals surface area contributed by atoms with Crippen LogP contribution in [0, 0.1) is 0 Å². The fourth-order valence-corrected chi connectivity index (χ4v) is 3.80. The molecule has 3 aromatic rings. The minimum Gasteiger partial charge on any atom is -0.372 e. The summed E-state index contributed by atoms with van der Waals surface area (Å²) < 4.78 is 2.16. The van der Waals surface area contributed by atoms with Gasteiger partial charge in [-0.3, -0.25) is 9.59 Å². The molecule has 10 nitrogen and oxygen atoms in total. The van der Waals surface area contributed by atoms with Gasteiger partial charge in [0, 0.05) is 13.6 Å². The second-order valence-corrected chi connectivity index (χ2v) is 7.40. The fourth-order valence-electron chi connectivity index (χ4n) is 3.45. The molecule has 1 aliphatic rings. The number of pyridine rings is 1. The first-order valence-corrected chi connectivity index (χ1v) is 9.93. The van der Waals surface area contributed by atoms with E-state index in [9.17, 15) is 9.59 Å². The Morgan fingerprint density at radius 1 is 1.31 bits per heavy atom. The van der Waals surface area contributed by atoms with Gasteiger partial charge in [-0.05, 0) is 40.9 Å². The van der Waals surface area contributed by atoms with Crippen LogP contribution < -0.4 is 10.6 Å². The van der Waals surface area contributed by atoms with E-state index < -0.39 is 6.04 Å². The molecule has 0 radical (unpaired) electrons. The molecule has 0 bridgehead atoms. The van der Waals surface area contributed by atoms with Gasteiger partial charge >= 0.3 is 0 Å². The van der Waals surface area contributed by atoms with E-state index in [4.69, 9.17) is 0 Å². The largest absolute Gasteiger partial charge is 0.372 e. The minimum atomic E-state index is -0.535. The van der Waals surface area contributed by atoms with Gasteiger partial charge in [0.05, 0.1) is 11.6 Å². The Labute approximate surface area is 174 Å². The van der Waals surface area contributed by atoms with Gasteiger partial charge in [0.2, 0.25) is 11.8 Å². The molecule has 11 heteroatoms. The van der Waals surface area contributed by atoms with Crippen LogP contribution >= 0.6 is 15.9 Å². The highest BCUT2D eigenvalue weighted by Gasteiger charge is 2.34. The smallest absolute Gasteiger partial charge is 0.248 e. The minimum absolute atomic E-state index is 0.00256. The standard InChI is InChI=1S/C18H19BrN8O2/c1-20-16-11-8-23-27(17(11)22-10-21-16)9-15(28)26-7-3-4-12(26)18(29)25-14-6-2-5-13(19)24-14/h2,5-6,8,10,12H,3-4,7,9H2,1H3,(H,20,21,22)(H,24,25,29)/t12-/m0/s1. The average Bonchev–Trinajstić information content (AvgIpc) is 3.35. The first-order valence-electron chi connectivity index (χ1n) is 9.14. The number of aromatic nitrogens is 5. The van der Waals surface area contributed by atoms with Crippen LogP contribution in [0.2, 0.25) is 0 Å². The average molecular weight is 459 g/mol. The lowest BCUT2D eigenvalue weighted by Gasteiger charge is -2.24. The lowest BCUT2D eigenvalue weighted by Crippen LogP contribution is -2.44. The zero-order chi connectivity index (χ0) is 20.4. The molecule has 150 valence electrons. The molecule has 1 aliphatic heterocycles. The van der Waals surface area contributed by atoms with Crippen molar-refractivity contribution in [2.75, 3.05) is 24.2 Å². The molecule has 0 aromatic carbocycles. The lowest BCUT2D eigenvalue weighted by molar-refractivity contribution is -0.137. The molecule has 0 saturated carbocycles. The van der Waals surface area contributed by atoms with Crippen LogP contribution in [-0.4, -0.2) is 61.1 Å². The second kappa shape index (κ2) is 8.11. The van der Waals surface area contributed by atoms with Gasteiger partial charge < -0.3 is 15.5 Å². The number of fused-ring (bicyclic) bond motifs is 1. The zero-order valence-electron chi connectivity index (χ0n) is 15.7. The van der Waals surface area contributed by atoms with Crippen molar-refractivity contribution in [1.29, 1.82) is 0 Å². The molecular formula is C18H19BrN8O2. The summed E-state index contributed by atoms with van der Waals surface area (Å²) in [5.74, 6) is 0.665. The molecule has 1 saturated heterocycles. The first-order chi connectivity index (χ1) is 14.1. The monoisotopic (exact) mass is 458 g/mol. The van der Waals surface area contributed by atoms with E-state index in [1.54, 1.807) is 36.3 Å². The molecule has 2 amide bonds. The maximum Gasteiger partial charge on any atom is 0.248 e. The number of rotatable bonds is 5. The van der Waals surface area contributed by atoms with Gasteiger partial charge in [-0.2, -0.15) is 5.10 Å². The predicted octanol–water partition coefficient (Wildman–Crippen LogP) is 1.66. The van der Waals surface area contributed by atoms with E-state index in [0.717, 1.165) is 11.8 Å². The molecule has 0 spiro atoms. The number of nitrogens with zero attached hydrogens (tertiary/aromatic N) is 6. The number of nitrogens with one attached hydrogen (secondary N) is 2. The van der Waals surface area contributed by atoms with E-state index >= 15 is 0 Å². The van der Waals surface area contributed by atoms with Crippen molar-refractivity contribution >= 4 is 50.4 Å². The molecule has 0 aliphatic carbocycles. The molecule has 0 unspecified atom stereocenters. The molecule has 29 heavy (non-hydrogen) atoms. The number of hydrogen-bond acceptors (Lipinski definition) is 7. The number of hydrogen-bond donors (Lipinski definition) is 2. The summed E-state index contributed by atoms with van der Waals surface area (Å²) in [4.78, 5) is 39.9. The highest BCUT2D eigenvalue weighted by Crippen LogP contribution is 2.22. The predicted molar refractivity (Wildman–Crippen MR) is 110 cm³/mol. The van der Waals surface area contributed by atoms with Crippen molar-refractivity contribution in [3.63, 3.8) is 0 Å². The fraction of sp³-hybridized carbons (Fsp3) is 0.333. The summed E-state index contributed by atoms with van der Waals surface area (Å²) in [6.07, 6.45) is 4.43. The summed E-state index contributed by atoms with van der Waals surface area (Å²) in [7, 11) is 1.76. The van der Waals surface area contributed by atoms with Gasteiger partial charge in [0.25, 0.3) is 0 Å². The van der Waals surface area contributed by atoms with Crippen molar-refractivity contribution < 1.29 is 9.59 Å². The topological polar surface area (TPSA) is 118 Å². The Morgan fingerprint density at radius 3 is 2.97 bits per heavy atom. The van der Waals surface area contributed by atoms with E-state index in [2.05, 4.69) is 46.6 Å². The second-order valence-electron chi connectivity index (χ2n) is 6.59. The lowest BCUT2D eigenvalue weighted by atomic mass is 10.2. The van der Waals surface area contributed by atoms with E-state index in [1.165, 1.54) is 11.0 Å². The molecule has 2 N–H and O–H groups in total. The summed E-state index contributed by atoms with van der Waals surface area (Å²) in [6.45, 7) is 0.529. The van der Waals surface area contributed by atoms with Gasteiger partial charge in [-0.1, -0.05) is 6.07 Å². The van der Waals surface area contributed by atoms with Crippen molar-refractivity contribution in [2.45, 2.75) is 25.4 Å². The Morgan fingerprint density at radius 2 is 2.17 bits per heavy atom. The summed E-state index contributed by atoms with van der Waals surface area (Å²) in [5, 5.41) is 10.8. The highest BCUT2D eigenvalue weighted by molar-refractivity contribution is 9.10. The van der Waals surface area contributed by atoms with Crippen molar-refractivity contribution in [2.24, 2.45) is 0 Å². The van der Waals surface area contributed by atoms with E-state index in [1.807, 2.05) is 0 Å². The van der Waals surface area contributed by atoms with Crippen LogP contribution in [-0.2, 0) is 16.1 Å². The normalized spacial score (nSPS) is 16.2. The number of likely N-dealkylation sites (tertiary alicyclic amines) is 1. The van der Waals surface area contributed by atoms with Gasteiger partial charge in [0.15, 0.2) is 5.65 Å². The number of halogens is 1. The van der Waals surface area contributed by atoms with Gasteiger partial charge in [-0.15, -0.1) is 0 Å². The highest BCUT2D eigenvalue weighted by atomic mass is 79.9. The number of carbonyl (C=O) groups is 2. The Balaban J connectivity index is 1.49. The van der Waals surface area contributed by atoms with Crippen molar-refractivity contribution in [3.8, 4) is 0 Å². The third-order valence-electron chi connectivity index (χ3n) is 4.80. The first kappa shape index (κ1) is 19.2. The van der Waals surface area contributed by atoms with Crippen LogP contribution in [0.3, 0.4) is 0 Å². The van der Waals surface area contributed by atoms with Gasteiger partial charge in [0.1, 0.15) is 35.2 Å². The summed E-state index contributed by atoms with van der Waals surface area (Å²) >= 11 is 3.28. The van der Waals surface area contributed by atoms with Crippen LogP contribution in [0.25, 0.3) is 11.0 Å². The van der Waals surface area contributed by atoms with Gasteiger partial charge in [-0.25, -0.2) is 19.6 Å². The number of anilines is 2. The van der Waals surface area contributed by atoms with Crippen LogP contribution in [0.15, 0.2) is 35.3 Å². The van der Waals surface area contributed by atoms with Crippen LogP contribution in [0.1, 0.15) is 12.8 Å². The zero-order valence-corrected chi connectivity index (χ0v) is 17.3. The Kier molecular flexibility index (Phi) is 5.38. The molecule has 3 aromatic heterocycles. The molecular weight excluding hydrogens is 440 g/mol. The number of carbonyl (C=O) groups excluding carboxylic acids is 2. The molecule has 1 atom stereocenters. The summed E-state index contributed by atoms with van der Waals surface area (Å²) in [5.41, 5.74) is 0.566. The molecule has 1 fully saturated rings. The maximum atomic E-state index is 12.9. The number of amides is 2. The molecule has 4 heterocycles. The SMILES string of the molecule is CNc1ncnc2c1cnn2CC(=O)N1CCC[C@H]1C(=O)Nc1cccc(Br)n1. The van der Waals surface area contributed by atoms with E-state index in [-0.39, 0.29) is 18.4 Å². The Hall–Kier alpha value is -3.08. The maximum absolute atomic E-state index is 12.9. The van der Waals surface area contributed by atoms with Crippen molar-refractivity contribution in [1.82, 2.24) is 29.6 Å². The molecule has 4 rings (SSSR count). The third kappa shape index (κ3) is 3.90. The quantitative estimate of drug-likeness (QED) is 0.557. The third-order valence-corrected chi connectivity index (χ3v) is 5.24.